The van der Waals surface area contributed by atoms with Crippen molar-refractivity contribution >= 4 is 0 Å². The van der Waals surface area contributed by atoms with Gasteiger partial charge in [0.2, 0.25) is 0 Å². The zero-order valence-corrected chi connectivity index (χ0v) is 12.1. The Hall–Kier alpha value is -0.160. The Morgan fingerprint density at radius 2 is 2.17 bits per heavy atom. The maximum Gasteiger partial charge on any atom is 0.0593 e. The lowest BCUT2D eigenvalue weighted by molar-refractivity contribution is 0.0798. The van der Waals surface area contributed by atoms with Gasteiger partial charge < -0.3 is 19.7 Å². The van der Waals surface area contributed by atoms with E-state index in [0.717, 1.165) is 45.2 Å². The van der Waals surface area contributed by atoms with Crippen LogP contribution in [0.2, 0.25) is 0 Å². The molecule has 0 aromatic carbocycles. The van der Waals surface area contributed by atoms with Crippen LogP contribution in [0, 0.1) is 5.92 Å². The van der Waals surface area contributed by atoms with Crippen LogP contribution in [-0.4, -0.2) is 64.6 Å². The van der Waals surface area contributed by atoms with Crippen LogP contribution < -0.4 is 5.32 Å². The van der Waals surface area contributed by atoms with E-state index in [1.807, 2.05) is 0 Å². The lowest BCUT2D eigenvalue weighted by Gasteiger charge is -2.29. The lowest BCUT2D eigenvalue weighted by atomic mass is 9.99. The van der Waals surface area contributed by atoms with Crippen LogP contribution in [0.3, 0.4) is 0 Å². The molecule has 0 aromatic heterocycles. The number of rotatable bonds is 10. The van der Waals surface area contributed by atoms with Gasteiger partial charge in [0.05, 0.1) is 6.61 Å². The number of hydrogen-bond donors (Lipinski definition) is 1. The van der Waals surface area contributed by atoms with E-state index in [4.69, 9.17) is 9.47 Å². The van der Waals surface area contributed by atoms with Crippen molar-refractivity contribution in [2.24, 2.45) is 5.92 Å². The fraction of sp³-hybridized carbons (Fsp3) is 1.00. The number of likely N-dealkylation sites (N-methyl/N-ethyl adjacent to an activating group) is 1. The van der Waals surface area contributed by atoms with Crippen LogP contribution >= 0.6 is 0 Å². The van der Waals surface area contributed by atoms with Crippen LogP contribution in [-0.2, 0) is 9.47 Å². The molecule has 1 aliphatic heterocycles. The van der Waals surface area contributed by atoms with Crippen molar-refractivity contribution in [3.8, 4) is 0 Å². The topological polar surface area (TPSA) is 33.7 Å². The summed E-state index contributed by atoms with van der Waals surface area (Å²) in [6.45, 7) is 10.5. The molecule has 0 bridgehead atoms. The highest BCUT2D eigenvalue weighted by Crippen LogP contribution is 2.11. The summed E-state index contributed by atoms with van der Waals surface area (Å²) in [6, 6.07) is 0. The monoisotopic (exact) mass is 258 g/mol. The van der Waals surface area contributed by atoms with Gasteiger partial charge in [-0.1, -0.05) is 6.92 Å². The summed E-state index contributed by atoms with van der Waals surface area (Å²) in [4.78, 5) is 2.51. The zero-order chi connectivity index (χ0) is 13.1. The number of nitrogens with one attached hydrogen (secondary N) is 1. The highest BCUT2D eigenvalue weighted by molar-refractivity contribution is 4.72. The molecule has 0 spiro atoms. The van der Waals surface area contributed by atoms with E-state index >= 15 is 0 Å². The van der Waals surface area contributed by atoms with E-state index in [0.29, 0.717) is 0 Å². The SMILES string of the molecule is CCN(CCOCCCOC)CC1CCCNC1. The maximum absolute atomic E-state index is 5.62. The third kappa shape index (κ3) is 7.31. The van der Waals surface area contributed by atoms with Crippen LogP contribution in [0.15, 0.2) is 0 Å². The fourth-order valence-electron chi connectivity index (χ4n) is 2.42. The predicted octanol–water partition coefficient (Wildman–Crippen LogP) is 1.36. The summed E-state index contributed by atoms with van der Waals surface area (Å²) in [5.41, 5.74) is 0. The summed E-state index contributed by atoms with van der Waals surface area (Å²) < 4.78 is 10.6. The van der Waals surface area contributed by atoms with Gasteiger partial charge in [-0.25, -0.2) is 0 Å². The second kappa shape index (κ2) is 10.7. The minimum absolute atomic E-state index is 0.797. The molecule has 1 aliphatic rings. The van der Waals surface area contributed by atoms with Crippen molar-refractivity contribution in [2.45, 2.75) is 26.2 Å². The molecule has 18 heavy (non-hydrogen) atoms. The number of nitrogens with zero attached hydrogens (tertiary/aromatic N) is 1. The first-order chi connectivity index (χ1) is 8.86. The Bertz CT molecular complexity index is 185. The summed E-state index contributed by atoms with van der Waals surface area (Å²) in [7, 11) is 1.73. The van der Waals surface area contributed by atoms with E-state index in [1.54, 1.807) is 7.11 Å². The van der Waals surface area contributed by atoms with Gasteiger partial charge in [0.25, 0.3) is 0 Å². The van der Waals surface area contributed by atoms with Gasteiger partial charge >= 0.3 is 0 Å². The first-order valence-electron chi connectivity index (χ1n) is 7.36. The molecule has 1 atom stereocenters. The Morgan fingerprint density at radius 1 is 1.28 bits per heavy atom. The molecule has 4 nitrogen and oxygen atoms in total. The van der Waals surface area contributed by atoms with E-state index in [1.165, 1.54) is 32.5 Å². The zero-order valence-electron chi connectivity index (χ0n) is 12.1. The normalized spacial score (nSPS) is 20.5. The molecule has 0 aromatic rings. The van der Waals surface area contributed by atoms with Crippen molar-refractivity contribution in [3.63, 3.8) is 0 Å². The standard InChI is InChI=1S/C14H30N2O2/c1-3-16(8-11-18-10-5-9-17-2)13-14-6-4-7-15-12-14/h14-15H,3-13H2,1-2H3. The van der Waals surface area contributed by atoms with Crippen molar-refractivity contribution < 1.29 is 9.47 Å². The number of hydrogen-bond acceptors (Lipinski definition) is 4. The van der Waals surface area contributed by atoms with Crippen molar-refractivity contribution in [1.29, 1.82) is 0 Å². The molecule has 108 valence electrons. The second-order valence-corrected chi connectivity index (χ2v) is 5.06. The highest BCUT2D eigenvalue weighted by Gasteiger charge is 2.15. The van der Waals surface area contributed by atoms with Gasteiger partial charge in [-0.3, -0.25) is 0 Å². The molecule has 0 radical (unpaired) electrons. The summed E-state index contributed by atoms with van der Waals surface area (Å²) in [5.74, 6) is 0.826. The first-order valence-corrected chi connectivity index (χ1v) is 7.36. The first kappa shape index (κ1) is 15.9. The molecule has 1 fully saturated rings. The molecule has 1 N–H and O–H groups in total. The molecule has 0 aliphatic carbocycles. The molecule has 0 saturated carbocycles. The minimum Gasteiger partial charge on any atom is -0.385 e. The van der Waals surface area contributed by atoms with E-state index in [2.05, 4.69) is 17.1 Å². The van der Waals surface area contributed by atoms with Crippen LogP contribution in [0.5, 0.6) is 0 Å². The Labute approximate surface area is 112 Å². The fourth-order valence-corrected chi connectivity index (χ4v) is 2.42. The van der Waals surface area contributed by atoms with Crippen molar-refractivity contribution in [2.75, 3.05) is 59.7 Å². The molecule has 1 saturated heterocycles. The van der Waals surface area contributed by atoms with Gasteiger partial charge in [-0.15, -0.1) is 0 Å². The number of methoxy groups -OCH3 is 1. The second-order valence-electron chi connectivity index (χ2n) is 5.06. The summed E-state index contributed by atoms with van der Waals surface area (Å²) >= 11 is 0. The molecule has 1 unspecified atom stereocenters. The summed E-state index contributed by atoms with van der Waals surface area (Å²) in [6.07, 6.45) is 3.70. The summed E-state index contributed by atoms with van der Waals surface area (Å²) in [5, 5.41) is 3.48. The van der Waals surface area contributed by atoms with Crippen molar-refractivity contribution in [1.82, 2.24) is 10.2 Å². The van der Waals surface area contributed by atoms with E-state index in [9.17, 15) is 0 Å². The average Bonchev–Trinajstić information content (AvgIpc) is 2.42. The third-order valence-electron chi connectivity index (χ3n) is 3.55. The molecular formula is C14H30N2O2. The Morgan fingerprint density at radius 3 is 2.83 bits per heavy atom. The largest absolute Gasteiger partial charge is 0.385 e. The van der Waals surface area contributed by atoms with Gasteiger partial charge in [0.1, 0.15) is 0 Å². The molecule has 1 heterocycles. The smallest absolute Gasteiger partial charge is 0.0593 e. The number of ether oxygens (including phenoxy) is 2. The minimum atomic E-state index is 0.797. The van der Waals surface area contributed by atoms with Gasteiger partial charge in [0.15, 0.2) is 0 Å². The highest BCUT2D eigenvalue weighted by atomic mass is 16.5. The Kier molecular flexibility index (Phi) is 9.48. The maximum atomic E-state index is 5.62. The molecule has 4 heteroatoms. The van der Waals surface area contributed by atoms with Crippen LogP contribution in [0.25, 0.3) is 0 Å². The third-order valence-corrected chi connectivity index (χ3v) is 3.55. The van der Waals surface area contributed by atoms with E-state index < -0.39 is 0 Å². The average molecular weight is 258 g/mol. The Balaban J connectivity index is 2.01. The molecule has 1 rings (SSSR count). The van der Waals surface area contributed by atoms with E-state index in [-0.39, 0.29) is 0 Å². The van der Waals surface area contributed by atoms with Gasteiger partial charge in [-0.2, -0.15) is 0 Å². The quantitative estimate of drug-likeness (QED) is 0.600. The molecular weight excluding hydrogens is 228 g/mol. The lowest BCUT2D eigenvalue weighted by Crippen LogP contribution is -2.39. The number of piperidine rings is 1. The van der Waals surface area contributed by atoms with Gasteiger partial charge in [-0.05, 0) is 44.8 Å². The predicted molar refractivity (Wildman–Crippen MR) is 75.0 cm³/mol. The van der Waals surface area contributed by atoms with Crippen LogP contribution in [0.4, 0.5) is 0 Å². The van der Waals surface area contributed by atoms with Crippen molar-refractivity contribution in [3.05, 3.63) is 0 Å². The molecule has 0 amide bonds. The van der Waals surface area contributed by atoms with Gasteiger partial charge in [0, 0.05) is 33.4 Å². The van der Waals surface area contributed by atoms with Crippen LogP contribution in [0.1, 0.15) is 26.2 Å².